The molecule has 7 nitrogen and oxygen atoms in total. The van der Waals surface area contributed by atoms with E-state index in [2.05, 4.69) is 0 Å². The number of aromatic nitrogens is 2. The van der Waals surface area contributed by atoms with Gasteiger partial charge >= 0.3 is 0 Å². The predicted octanol–water partition coefficient (Wildman–Crippen LogP) is 5.87. The molecule has 0 aliphatic heterocycles. The first-order valence-electron chi connectivity index (χ1n) is 9.61. The van der Waals surface area contributed by atoms with Crippen LogP contribution >= 0.6 is 0 Å². The van der Waals surface area contributed by atoms with Crippen LogP contribution in [0.25, 0.3) is 39.2 Å². The topological polar surface area (TPSA) is 83.3 Å². The van der Waals surface area contributed by atoms with E-state index in [0.717, 1.165) is 16.5 Å². The zero-order valence-corrected chi connectivity index (χ0v) is 16.6. The predicted molar refractivity (Wildman–Crippen MR) is 117 cm³/mol. The minimum atomic E-state index is -0.403. The van der Waals surface area contributed by atoms with Crippen LogP contribution in [-0.2, 0) is 0 Å². The molecule has 0 spiro atoms. The van der Waals surface area contributed by atoms with Gasteiger partial charge in [0.25, 0.3) is 5.69 Å². The summed E-state index contributed by atoms with van der Waals surface area (Å²) in [4.78, 5) is 11.3. The lowest BCUT2D eigenvalue weighted by Gasteiger charge is -2.12. The molecule has 0 radical (unpaired) electrons. The standard InChI is InChI=1S/C24H17N3O4/c1-30-24-17(11-12-23-18(24)13-14-31-23)22-15-19(16-7-3-2-4-8-16)25-26(22)20-9-5-6-10-21(20)27(28)29/h2-15H,1H3. The van der Waals surface area contributed by atoms with E-state index < -0.39 is 4.92 Å². The molecule has 7 heteroatoms. The van der Waals surface area contributed by atoms with Crippen LogP contribution in [0.4, 0.5) is 5.69 Å². The number of fused-ring (bicyclic) bond motifs is 1. The number of rotatable bonds is 5. The Morgan fingerprint density at radius 3 is 2.55 bits per heavy atom. The van der Waals surface area contributed by atoms with Gasteiger partial charge in [0.1, 0.15) is 17.0 Å². The summed E-state index contributed by atoms with van der Waals surface area (Å²) in [7, 11) is 1.59. The molecule has 152 valence electrons. The summed E-state index contributed by atoms with van der Waals surface area (Å²) in [5.41, 5.74) is 4.07. The SMILES string of the molecule is COc1c(-c2cc(-c3ccccc3)nn2-c2ccccc2[N+](=O)[O-])ccc2occc12. The third-order valence-electron chi connectivity index (χ3n) is 5.15. The van der Waals surface area contributed by atoms with E-state index in [1.54, 1.807) is 36.3 Å². The molecule has 0 N–H and O–H groups in total. The Kier molecular flexibility index (Phi) is 4.48. The van der Waals surface area contributed by atoms with Crippen LogP contribution in [0.5, 0.6) is 5.75 Å². The summed E-state index contributed by atoms with van der Waals surface area (Å²) in [5, 5.41) is 17.3. The van der Waals surface area contributed by atoms with Crippen molar-refractivity contribution in [1.82, 2.24) is 9.78 Å². The number of ether oxygens (including phenoxy) is 1. The van der Waals surface area contributed by atoms with Gasteiger partial charge in [0, 0.05) is 17.2 Å². The fourth-order valence-corrected chi connectivity index (χ4v) is 3.74. The fraction of sp³-hybridized carbons (Fsp3) is 0.0417. The maximum Gasteiger partial charge on any atom is 0.294 e. The number of nitro benzene ring substituents is 1. The van der Waals surface area contributed by atoms with Crippen molar-refractivity contribution in [3.05, 3.63) is 95.2 Å². The van der Waals surface area contributed by atoms with Gasteiger partial charge in [-0.3, -0.25) is 10.1 Å². The number of benzene rings is 3. The average Bonchev–Trinajstić information content (AvgIpc) is 3.46. The third-order valence-corrected chi connectivity index (χ3v) is 5.15. The molecular formula is C24H17N3O4. The molecule has 5 rings (SSSR count). The van der Waals surface area contributed by atoms with E-state index in [1.165, 1.54) is 6.07 Å². The van der Waals surface area contributed by atoms with Gasteiger partial charge in [-0.1, -0.05) is 42.5 Å². The zero-order valence-electron chi connectivity index (χ0n) is 16.6. The second-order valence-electron chi connectivity index (χ2n) is 6.92. The summed E-state index contributed by atoms with van der Waals surface area (Å²) in [6.45, 7) is 0. The average molecular weight is 411 g/mol. The smallest absolute Gasteiger partial charge is 0.294 e. The van der Waals surface area contributed by atoms with E-state index in [-0.39, 0.29) is 5.69 Å². The Labute approximate surface area is 177 Å². The van der Waals surface area contributed by atoms with E-state index in [1.807, 2.05) is 54.6 Å². The molecule has 0 aliphatic carbocycles. The van der Waals surface area contributed by atoms with Crippen molar-refractivity contribution >= 4 is 16.7 Å². The molecule has 0 saturated heterocycles. The van der Waals surface area contributed by atoms with Gasteiger partial charge in [0.15, 0.2) is 0 Å². The second kappa shape index (κ2) is 7.46. The first kappa shape index (κ1) is 18.6. The number of hydrogen-bond acceptors (Lipinski definition) is 5. The molecule has 0 bridgehead atoms. The molecule has 3 aromatic carbocycles. The first-order chi connectivity index (χ1) is 15.2. The number of methoxy groups -OCH3 is 1. The molecule has 0 fully saturated rings. The summed E-state index contributed by atoms with van der Waals surface area (Å²) < 4.78 is 12.8. The maximum atomic E-state index is 11.7. The lowest BCUT2D eigenvalue weighted by atomic mass is 10.1. The Hall–Kier alpha value is -4.39. The highest BCUT2D eigenvalue weighted by molar-refractivity contribution is 5.92. The number of para-hydroxylation sites is 2. The van der Waals surface area contributed by atoms with Crippen LogP contribution < -0.4 is 4.74 Å². The molecule has 5 aromatic rings. The van der Waals surface area contributed by atoms with Gasteiger partial charge in [-0.15, -0.1) is 0 Å². The highest BCUT2D eigenvalue weighted by Crippen LogP contribution is 2.40. The quantitative estimate of drug-likeness (QED) is 0.267. The summed E-state index contributed by atoms with van der Waals surface area (Å²) >= 11 is 0. The van der Waals surface area contributed by atoms with Gasteiger partial charge in [-0.05, 0) is 30.3 Å². The fourth-order valence-electron chi connectivity index (χ4n) is 3.74. The number of hydrogen-bond donors (Lipinski definition) is 0. The number of nitro groups is 1. The van der Waals surface area contributed by atoms with Crippen LogP contribution in [-0.4, -0.2) is 21.8 Å². The molecular weight excluding hydrogens is 394 g/mol. The van der Waals surface area contributed by atoms with Crippen molar-refractivity contribution in [3.63, 3.8) is 0 Å². The van der Waals surface area contributed by atoms with Crippen molar-refractivity contribution in [2.24, 2.45) is 0 Å². The molecule has 31 heavy (non-hydrogen) atoms. The molecule has 0 atom stereocenters. The number of nitrogens with zero attached hydrogens (tertiary/aromatic N) is 3. The van der Waals surface area contributed by atoms with Crippen LogP contribution in [0.2, 0.25) is 0 Å². The highest BCUT2D eigenvalue weighted by Gasteiger charge is 2.23. The number of furan rings is 1. The van der Waals surface area contributed by atoms with E-state index in [0.29, 0.717) is 28.4 Å². The van der Waals surface area contributed by atoms with Crippen LogP contribution in [0.3, 0.4) is 0 Å². The van der Waals surface area contributed by atoms with Gasteiger partial charge < -0.3 is 9.15 Å². The van der Waals surface area contributed by atoms with E-state index in [4.69, 9.17) is 14.3 Å². The molecule has 2 aromatic heterocycles. The van der Waals surface area contributed by atoms with Gasteiger partial charge in [-0.25, -0.2) is 4.68 Å². The second-order valence-corrected chi connectivity index (χ2v) is 6.92. The molecule has 0 unspecified atom stereocenters. The van der Waals surface area contributed by atoms with E-state index >= 15 is 0 Å². The highest BCUT2D eigenvalue weighted by atomic mass is 16.6. The Morgan fingerprint density at radius 2 is 1.77 bits per heavy atom. The van der Waals surface area contributed by atoms with Crippen molar-refractivity contribution < 1.29 is 14.1 Å². The third kappa shape index (κ3) is 3.12. The molecule has 0 amide bonds. The monoisotopic (exact) mass is 411 g/mol. The van der Waals surface area contributed by atoms with Gasteiger partial charge in [-0.2, -0.15) is 5.10 Å². The van der Waals surface area contributed by atoms with E-state index in [9.17, 15) is 10.1 Å². The molecule has 2 heterocycles. The Morgan fingerprint density at radius 1 is 1.00 bits per heavy atom. The van der Waals surface area contributed by atoms with Crippen molar-refractivity contribution in [1.29, 1.82) is 0 Å². The zero-order chi connectivity index (χ0) is 21.4. The Balaban J connectivity index is 1.82. The first-order valence-corrected chi connectivity index (χ1v) is 9.61. The van der Waals surface area contributed by atoms with Crippen molar-refractivity contribution in [2.45, 2.75) is 0 Å². The summed E-state index contributed by atoms with van der Waals surface area (Å²) in [5.74, 6) is 0.616. The van der Waals surface area contributed by atoms with Gasteiger partial charge in [0.2, 0.25) is 0 Å². The lowest BCUT2D eigenvalue weighted by Crippen LogP contribution is -2.04. The van der Waals surface area contributed by atoms with Crippen molar-refractivity contribution in [2.75, 3.05) is 7.11 Å². The van der Waals surface area contributed by atoms with Gasteiger partial charge in [0.05, 0.1) is 35.1 Å². The minimum Gasteiger partial charge on any atom is -0.495 e. The van der Waals surface area contributed by atoms with Crippen LogP contribution in [0, 0.1) is 10.1 Å². The normalized spacial score (nSPS) is 11.0. The van der Waals surface area contributed by atoms with Crippen LogP contribution in [0.1, 0.15) is 0 Å². The van der Waals surface area contributed by atoms with Crippen molar-refractivity contribution in [3.8, 4) is 34.0 Å². The lowest BCUT2D eigenvalue weighted by molar-refractivity contribution is -0.384. The minimum absolute atomic E-state index is 0.0326. The molecule has 0 saturated carbocycles. The summed E-state index contributed by atoms with van der Waals surface area (Å²) in [6.07, 6.45) is 1.60. The maximum absolute atomic E-state index is 11.7. The van der Waals surface area contributed by atoms with Crippen LogP contribution in [0.15, 0.2) is 89.5 Å². The largest absolute Gasteiger partial charge is 0.495 e. The summed E-state index contributed by atoms with van der Waals surface area (Å²) in [6, 6.07) is 23.7. The molecule has 0 aliphatic rings. The Bertz CT molecular complexity index is 1400.